The number of ether oxygens (including phenoxy) is 4. The fraction of sp³-hybridized carbons (Fsp3) is 0.939. The van der Waals surface area contributed by atoms with Crippen molar-refractivity contribution in [2.75, 3.05) is 39.6 Å². The van der Waals surface area contributed by atoms with Gasteiger partial charge in [-0.3, -0.25) is 37.3 Å². The van der Waals surface area contributed by atoms with E-state index in [0.29, 0.717) is 31.6 Å². The lowest BCUT2D eigenvalue weighted by molar-refractivity contribution is -0.161. The Balaban J connectivity index is 5.23. The van der Waals surface area contributed by atoms with Crippen LogP contribution in [0.1, 0.15) is 325 Å². The van der Waals surface area contributed by atoms with Gasteiger partial charge in [0.05, 0.1) is 26.4 Å². The molecule has 504 valence electrons. The Hall–Kier alpha value is -1.94. The van der Waals surface area contributed by atoms with Gasteiger partial charge in [-0.05, 0) is 43.4 Å². The van der Waals surface area contributed by atoms with Gasteiger partial charge in [0.15, 0.2) is 12.2 Å². The third-order valence-electron chi connectivity index (χ3n) is 15.9. The number of aliphatic hydroxyl groups is 1. The molecule has 0 aliphatic heterocycles. The molecule has 0 rings (SSSR count). The van der Waals surface area contributed by atoms with Gasteiger partial charge in [-0.25, -0.2) is 9.13 Å². The Kier molecular flexibility index (Phi) is 55.9. The molecule has 0 heterocycles. The minimum absolute atomic E-state index is 0.102. The van der Waals surface area contributed by atoms with Crippen molar-refractivity contribution >= 4 is 39.5 Å². The fourth-order valence-corrected chi connectivity index (χ4v) is 11.3. The maximum Gasteiger partial charge on any atom is 0.472 e. The summed E-state index contributed by atoms with van der Waals surface area (Å²) in [5.74, 6) is 0.144. The van der Waals surface area contributed by atoms with Gasteiger partial charge in [0.2, 0.25) is 0 Å². The zero-order valence-electron chi connectivity index (χ0n) is 55.1. The quantitative estimate of drug-likeness (QED) is 0.0222. The average Bonchev–Trinajstić information content (AvgIpc) is 3.57. The third-order valence-corrected chi connectivity index (χ3v) is 17.8. The molecule has 7 atom stereocenters. The first-order valence-electron chi connectivity index (χ1n) is 34.4. The van der Waals surface area contributed by atoms with Crippen LogP contribution in [0.3, 0.4) is 0 Å². The Bertz CT molecular complexity index is 1690. The van der Waals surface area contributed by atoms with E-state index in [-0.39, 0.29) is 25.7 Å². The van der Waals surface area contributed by atoms with Gasteiger partial charge in [-0.2, -0.15) is 0 Å². The van der Waals surface area contributed by atoms with E-state index in [1.54, 1.807) is 0 Å². The first-order chi connectivity index (χ1) is 40.8. The van der Waals surface area contributed by atoms with Crippen molar-refractivity contribution in [1.29, 1.82) is 0 Å². The summed E-state index contributed by atoms with van der Waals surface area (Å²) in [5.41, 5.74) is 0. The first kappa shape index (κ1) is 83.1. The molecular weight excluding hydrogens is 1130 g/mol. The molecule has 0 bridgehead atoms. The zero-order chi connectivity index (χ0) is 63.1. The van der Waals surface area contributed by atoms with Gasteiger partial charge < -0.3 is 33.8 Å². The van der Waals surface area contributed by atoms with Crippen molar-refractivity contribution in [1.82, 2.24) is 0 Å². The molecule has 19 heteroatoms. The van der Waals surface area contributed by atoms with Crippen molar-refractivity contribution in [3.05, 3.63) is 0 Å². The van der Waals surface area contributed by atoms with E-state index >= 15 is 0 Å². The number of aliphatic hydroxyl groups excluding tert-OH is 1. The molecule has 0 aromatic rings. The molecule has 0 spiro atoms. The van der Waals surface area contributed by atoms with Crippen molar-refractivity contribution in [2.24, 2.45) is 17.8 Å². The maximum atomic E-state index is 13.0. The summed E-state index contributed by atoms with van der Waals surface area (Å²) >= 11 is 0. The van der Waals surface area contributed by atoms with Crippen LogP contribution in [-0.4, -0.2) is 96.7 Å². The minimum Gasteiger partial charge on any atom is -0.462 e. The number of hydrogen-bond donors (Lipinski definition) is 3. The van der Waals surface area contributed by atoms with Crippen LogP contribution in [0.4, 0.5) is 0 Å². The second-order valence-corrected chi connectivity index (χ2v) is 27.7. The summed E-state index contributed by atoms with van der Waals surface area (Å²) in [5, 5.41) is 10.5. The Morgan fingerprint density at radius 3 is 0.894 bits per heavy atom. The Labute approximate surface area is 517 Å². The van der Waals surface area contributed by atoms with Crippen LogP contribution < -0.4 is 0 Å². The van der Waals surface area contributed by atoms with E-state index in [2.05, 4.69) is 48.5 Å². The molecule has 0 aliphatic rings. The van der Waals surface area contributed by atoms with Crippen LogP contribution in [0.2, 0.25) is 0 Å². The van der Waals surface area contributed by atoms with Crippen LogP contribution in [-0.2, 0) is 65.4 Å². The molecule has 4 unspecified atom stereocenters. The van der Waals surface area contributed by atoms with Gasteiger partial charge >= 0.3 is 39.5 Å². The second kappa shape index (κ2) is 57.2. The van der Waals surface area contributed by atoms with Gasteiger partial charge in [-0.1, -0.05) is 273 Å². The van der Waals surface area contributed by atoms with Crippen molar-refractivity contribution in [2.45, 2.75) is 343 Å². The monoisotopic (exact) mass is 1250 g/mol. The normalized spacial score (nSPS) is 15.0. The number of esters is 4. The SMILES string of the molecule is CCCCCCCCCCC(=O)OC[C@H](COP(=O)(O)OC[C@H](O)COP(=O)(O)OC[C@@H](COC(=O)CCCCCCCCCCCCC(C)CC)OC(=O)CCCCCCCCCCCCC(C)CC)OC(=O)CCCCCCCCC(C)C. The predicted octanol–water partition coefficient (Wildman–Crippen LogP) is 18.3. The van der Waals surface area contributed by atoms with Gasteiger partial charge in [0.1, 0.15) is 19.3 Å². The summed E-state index contributed by atoms with van der Waals surface area (Å²) < 4.78 is 68.0. The number of carbonyl (C=O) groups is 4. The number of hydrogen-bond acceptors (Lipinski definition) is 15. The second-order valence-electron chi connectivity index (χ2n) is 24.8. The molecular formula is C66H128O17P2. The lowest BCUT2D eigenvalue weighted by atomic mass is 9.99. The highest BCUT2D eigenvalue weighted by Crippen LogP contribution is 2.45. The average molecular weight is 1260 g/mol. The smallest absolute Gasteiger partial charge is 0.462 e. The van der Waals surface area contributed by atoms with Crippen LogP contribution in [0.15, 0.2) is 0 Å². The maximum absolute atomic E-state index is 13.0. The number of rotatable bonds is 64. The van der Waals surface area contributed by atoms with Crippen molar-refractivity contribution in [3.63, 3.8) is 0 Å². The van der Waals surface area contributed by atoms with E-state index in [1.807, 2.05) is 0 Å². The summed E-state index contributed by atoms with van der Waals surface area (Å²) in [6.45, 7) is 11.7. The van der Waals surface area contributed by atoms with Gasteiger partial charge in [0.25, 0.3) is 0 Å². The number of phosphoric ester groups is 2. The van der Waals surface area contributed by atoms with Crippen LogP contribution in [0.5, 0.6) is 0 Å². The van der Waals surface area contributed by atoms with Crippen molar-refractivity contribution in [3.8, 4) is 0 Å². The van der Waals surface area contributed by atoms with Gasteiger partial charge in [0, 0.05) is 25.7 Å². The topological polar surface area (TPSA) is 237 Å². The van der Waals surface area contributed by atoms with E-state index in [1.165, 1.54) is 128 Å². The molecule has 85 heavy (non-hydrogen) atoms. The third kappa shape index (κ3) is 58.2. The van der Waals surface area contributed by atoms with Crippen LogP contribution in [0.25, 0.3) is 0 Å². The Morgan fingerprint density at radius 2 is 0.600 bits per heavy atom. The largest absolute Gasteiger partial charge is 0.472 e. The number of carbonyl (C=O) groups excluding carboxylic acids is 4. The standard InChI is InChI=1S/C66H128O17P2/c1-8-11-12-13-14-25-33-40-47-63(68)76-54-62(83-66(71)50-43-36-29-28-30-37-44-57(4)5)56-81-85(74,75)79-52-60(67)51-78-84(72,73)80-55-61(82-65(70)49-42-35-27-22-18-16-20-24-32-39-46-59(7)10-3)53-77-64(69)48-41-34-26-21-17-15-19-23-31-38-45-58(6)9-2/h57-62,67H,8-56H2,1-7H3,(H,72,73)(H,74,75)/t58?,59?,60-,61-,62-/m1/s1. The van der Waals surface area contributed by atoms with Gasteiger partial charge in [-0.15, -0.1) is 0 Å². The molecule has 0 aromatic carbocycles. The summed E-state index contributed by atoms with van der Waals surface area (Å²) in [6, 6.07) is 0. The molecule has 3 N–H and O–H groups in total. The first-order valence-corrected chi connectivity index (χ1v) is 37.4. The van der Waals surface area contributed by atoms with Crippen LogP contribution >= 0.6 is 15.6 Å². The molecule has 0 saturated heterocycles. The zero-order valence-corrected chi connectivity index (χ0v) is 56.9. The highest BCUT2D eigenvalue weighted by Gasteiger charge is 2.30. The minimum atomic E-state index is -4.95. The molecule has 0 aliphatic carbocycles. The Morgan fingerprint density at radius 1 is 0.341 bits per heavy atom. The summed E-state index contributed by atoms with van der Waals surface area (Å²) in [7, 11) is -9.89. The lowest BCUT2D eigenvalue weighted by Gasteiger charge is -2.21. The number of phosphoric acid groups is 2. The van der Waals surface area contributed by atoms with Crippen LogP contribution in [0, 0.1) is 17.8 Å². The highest BCUT2D eigenvalue weighted by molar-refractivity contribution is 7.47. The van der Waals surface area contributed by atoms with Crippen molar-refractivity contribution < 1.29 is 80.2 Å². The predicted molar refractivity (Wildman–Crippen MR) is 340 cm³/mol. The van der Waals surface area contributed by atoms with E-state index < -0.39 is 97.5 Å². The molecule has 0 amide bonds. The fourth-order valence-electron chi connectivity index (χ4n) is 9.77. The molecule has 0 radical (unpaired) electrons. The lowest BCUT2D eigenvalue weighted by Crippen LogP contribution is -2.30. The van der Waals surface area contributed by atoms with E-state index in [0.717, 1.165) is 108 Å². The molecule has 0 fully saturated rings. The summed E-state index contributed by atoms with van der Waals surface area (Å²) in [4.78, 5) is 72.2. The van der Waals surface area contributed by atoms with E-state index in [9.17, 15) is 43.2 Å². The highest BCUT2D eigenvalue weighted by atomic mass is 31.2. The summed E-state index contributed by atoms with van der Waals surface area (Å²) in [6.07, 6.45) is 39.0. The molecule has 0 saturated carbocycles. The molecule has 0 aromatic heterocycles. The number of unbranched alkanes of at least 4 members (excludes halogenated alkanes) is 30. The molecule has 17 nitrogen and oxygen atoms in total. The van der Waals surface area contributed by atoms with E-state index in [4.69, 9.17) is 37.0 Å².